The van der Waals surface area contributed by atoms with Crippen LogP contribution in [0, 0.1) is 0 Å². The van der Waals surface area contributed by atoms with E-state index in [2.05, 4.69) is 78.9 Å². The van der Waals surface area contributed by atoms with Crippen LogP contribution in [0.3, 0.4) is 0 Å². The molecule has 2 heterocycles. The van der Waals surface area contributed by atoms with E-state index in [1.54, 1.807) is 0 Å². The van der Waals surface area contributed by atoms with Gasteiger partial charge in [0.1, 0.15) is 0 Å². The number of pyridine rings is 1. The first-order chi connectivity index (χ1) is 12.4. The highest BCUT2D eigenvalue weighted by Crippen LogP contribution is 2.48. The maximum absolute atomic E-state index is 5.00. The van der Waals surface area contributed by atoms with Gasteiger partial charge in [-0.1, -0.05) is 54.6 Å². The van der Waals surface area contributed by atoms with Gasteiger partial charge in [0.15, 0.2) is 0 Å². The van der Waals surface area contributed by atoms with Crippen molar-refractivity contribution in [1.82, 2.24) is 4.98 Å². The van der Waals surface area contributed by atoms with Gasteiger partial charge in [-0.15, -0.1) is 11.3 Å². The fourth-order valence-corrected chi connectivity index (χ4v) is 4.93. The minimum absolute atomic E-state index is 1.07. The van der Waals surface area contributed by atoms with Gasteiger partial charge in [0.25, 0.3) is 0 Å². The molecule has 1 aliphatic carbocycles. The highest BCUT2D eigenvalue weighted by Gasteiger charge is 2.22. The lowest BCUT2D eigenvalue weighted by molar-refractivity contribution is 1.43. The lowest BCUT2D eigenvalue weighted by Crippen LogP contribution is -1.85. The molecule has 0 saturated carbocycles. The van der Waals surface area contributed by atoms with Crippen LogP contribution in [0.25, 0.3) is 53.8 Å². The predicted molar refractivity (Wildman–Crippen MR) is 107 cm³/mol. The molecule has 0 atom stereocenters. The Morgan fingerprint density at radius 2 is 1.40 bits per heavy atom. The Bertz CT molecular complexity index is 1260. The van der Waals surface area contributed by atoms with Crippen LogP contribution in [0.5, 0.6) is 0 Å². The molecule has 0 saturated heterocycles. The summed E-state index contributed by atoms with van der Waals surface area (Å²) < 4.78 is 1.31. The van der Waals surface area contributed by atoms with Gasteiger partial charge in [0.2, 0.25) is 0 Å². The summed E-state index contributed by atoms with van der Waals surface area (Å²) in [4.78, 5) is 6.23. The molecular weight excluding hydrogens is 322 g/mol. The number of aromatic nitrogens is 1. The molecule has 6 rings (SSSR count). The van der Waals surface area contributed by atoms with Crippen LogP contribution in [0.2, 0.25) is 0 Å². The molecule has 116 valence electrons. The van der Waals surface area contributed by atoms with Crippen molar-refractivity contribution in [2.24, 2.45) is 0 Å². The molecule has 3 aromatic carbocycles. The van der Waals surface area contributed by atoms with Crippen molar-refractivity contribution in [2.75, 3.05) is 0 Å². The number of rotatable bonds is 1. The van der Waals surface area contributed by atoms with Gasteiger partial charge < -0.3 is 0 Å². The summed E-state index contributed by atoms with van der Waals surface area (Å²) in [6.07, 6.45) is 0. The standard InChI is InChI=1S/C23H13NS/c1-4-11-21-14(6-1)12-22(25-21)20-13-18-16-8-3-2-7-15(16)17-9-5-10-19(24-20)23(17)18/h1-13H. The van der Waals surface area contributed by atoms with Crippen LogP contribution in [0.15, 0.2) is 78.9 Å². The second kappa shape index (κ2) is 4.78. The fraction of sp³-hybridized carbons (Fsp3) is 0. The first kappa shape index (κ1) is 13.3. The number of benzene rings is 3. The Balaban J connectivity index is 1.69. The summed E-state index contributed by atoms with van der Waals surface area (Å²) in [7, 11) is 0. The van der Waals surface area contributed by atoms with Crippen LogP contribution < -0.4 is 0 Å². The smallest absolute Gasteiger partial charge is 0.0816 e. The number of hydrogen-bond donors (Lipinski definition) is 0. The molecule has 1 aliphatic rings. The summed E-state index contributed by atoms with van der Waals surface area (Å²) in [6, 6.07) is 28.2. The molecule has 2 aromatic heterocycles. The summed E-state index contributed by atoms with van der Waals surface area (Å²) in [5.74, 6) is 0. The minimum atomic E-state index is 1.07. The fourth-order valence-electron chi connectivity index (χ4n) is 3.91. The zero-order chi connectivity index (χ0) is 16.4. The highest BCUT2D eigenvalue weighted by atomic mass is 32.1. The average molecular weight is 335 g/mol. The van der Waals surface area contributed by atoms with E-state index in [0.717, 1.165) is 11.2 Å². The monoisotopic (exact) mass is 335 g/mol. The van der Waals surface area contributed by atoms with Crippen LogP contribution in [0.1, 0.15) is 0 Å². The topological polar surface area (TPSA) is 12.9 Å². The van der Waals surface area contributed by atoms with Crippen molar-refractivity contribution >= 4 is 32.3 Å². The van der Waals surface area contributed by atoms with Gasteiger partial charge in [0.05, 0.1) is 16.1 Å². The molecule has 2 heteroatoms. The van der Waals surface area contributed by atoms with E-state index in [1.165, 1.54) is 42.6 Å². The number of thiophene rings is 1. The number of fused-ring (bicyclic) bond motifs is 4. The van der Waals surface area contributed by atoms with E-state index in [0.29, 0.717) is 0 Å². The maximum atomic E-state index is 5.00. The zero-order valence-electron chi connectivity index (χ0n) is 13.4. The zero-order valence-corrected chi connectivity index (χ0v) is 14.2. The third-order valence-corrected chi connectivity index (χ3v) is 6.16. The van der Waals surface area contributed by atoms with Gasteiger partial charge in [-0.3, -0.25) is 0 Å². The molecular formula is C23H13NS. The summed E-state index contributed by atoms with van der Waals surface area (Å²) >= 11 is 1.81. The third kappa shape index (κ3) is 1.80. The lowest BCUT2D eigenvalue weighted by Gasteiger charge is -2.05. The van der Waals surface area contributed by atoms with Gasteiger partial charge in [-0.2, -0.15) is 0 Å². The molecule has 0 N–H and O–H groups in total. The van der Waals surface area contributed by atoms with Gasteiger partial charge in [-0.25, -0.2) is 4.98 Å². The molecule has 0 spiro atoms. The first-order valence-corrected chi connectivity index (χ1v) is 9.23. The molecule has 5 aromatic rings. The predicted octanol–water partition coefficient (Wildman–Crippen LogP) is 6.76. The van der Waals surface area contributed by atoms with E-state index in [4.69, 9.17) is 4.98 Å². The van der Waals surface area contributed by atoms with E-state index in [-0.39, 0.29) is 0 Å². The molecule has 25 heavy (non-hydrogen) atoms. The quantitative estimate of drug-likeness (QED) is 0.323. The van der Waals surface area contributed by atoms with Crippen LogP contribution in [-0.4, -0.2) is 4.98 Å². The van der Waals surface area contributed by atoms with E-state index in [9.17, 15) is 0 Å². The van der Waals surface area contributed by atoms with Crippen LogP contribution in [-0.2, 0) is 0 Å². The molecule has 0 bridgehead atoms. The van der Waals surface area contributed by atoms with E-state index >= 15 is 0 Å². The second-order valence-electron chi connectivity index (χ2n) is 6.45. The number of nitrogens with zero attached hydrogens (tertiary/aromatic N) is 1. The molecule has 0 amide bonds. The van der Waals surface area contributed by atoms with Crippen molar-refractivity contribution in [3.05, 3.63) is 78.9 Å². The Labute approximate surface area is 149 Å². The van der Waals surface area contributed by atoms with E-state index in [1.807, 2.05) is 11.3 Å². The molecule has 0 fully saturated rings. The van der Waals surface area contributed by atoms with Crippen molar-refractivity contribution in [2.45, 2.75) is 0 Å². The minimum Gasteiger partial charge on any atom is -0.247 e. The van der Waals surface area contributed by atoms with Crippen LogP contribution >= 0.6 is 11.3 Å². The molecule has 0 radical (unpaired) electrons. The summed E-state index contributed by atoms with van der Waals surface area (Å²) in [5.41, 5.74) is 7.40. The van der Waals surface area contributed by atoms with Crippen molar-refractivity contribution < 1.29 is 0 Å². The maximum Gasteiger partial charge on any atom is 0.0816 e. The van der Waals surface area contributed by atoms with Crippen molar-refractivity contribution in [3.63, 3.8) is 0 Å². The van der Waals surface area contributed by atoms with Crippen LogP contribution in [0.4, 0.5) is 0 Å². The lowest BCUT2D eigenvalue weighted by atomic mass is 10.0. The Kier molecular flexibility index (Phi) is 2.55. The Hall–Kier alpha value is -2.97. The number of hydrogen-bond acceptors (Lipinski definition) is 2. The molecule has 0 aliphatic heterocycles. The van der Waals surface area contributed by atoms with E-state index < -0.39 is 0 Å². The normalized spacial score (nSPS) is 12.0. The third-order valence-electron chi connectivity index (χ3n) is 5.02. The van der Waals surface area contributed by atoms with Gasteiger partial charge in [-0.05, 0) is 51.9 Å². The molecule has 1 nitrogen and oxygen atoms in total. The average Bonchev–Trinajstić information content (AvgIpc) is 3.23. The summed E-state index contributed by atoms with van der Waals surface area (Å²) in [6.45, 7) is 0. The van der Waals surface area contributed by atoms with Gasteiger partial charge in [0, 0.05) is 10.1 Å². The highest BCUT2D eigenvalue weighted by molar-refractivity contribution is 7.22. The molecule has 0 unspecified atom stereocenters. The Morgan fingerprint density at radius 3 is 2.28 bits per heavy atom. The van der Waals surface area contributed by atoms with Crippen molar-refractivity contribution in [3.8, 4) is 32.8 Å². The van der Waals surface area contributed by atoms with Crippen molar-refractivity contribution in [1.29, 1.82) is 0 Å². The SMILES string of the molecule is c1ccc2c(c1)-c1cccc3nc(-c4cc5ccccc5s4)cc-2c13. The first-order valence-electron chi connectivity index (χ1n) is 8.41. The summed E-state index contributed by atoms with van der Waals surface area (Å²) in [5, 5.41) is 2.57. The largest absolute Gasteiger partial charge is 0.247 e. The van der Waals surface area contributed by atoms with Gasteiger partial charge >= 0.3 is 0 Å². The Morgan fingerprint density at radius 1 is 0.640 bits per heavy atom. The second-order valence-corrected chi connectivity index (χ2v) is 7.53.